The third kappa shape index (κ3) is 4.77. The molecule has 1 aliphatic rings. The summed E-state index contributed by atoms with van der Waals surface area (Å²) in [5.74, 6) is 1.54. The maximum Gasteiger partial charge on any atom is 0.261 e. The Bertz CT molecular complexity index is 1170. The molecule has 1 heterocycles. The summed E-state index contributed by atoms with van der Waals surface area (Å²) >= 11 is 0. The topological polar surface area (TPSA) is 82.5 Å². The van der Waals surface area contributed by atoms with Crippen molar-refractivity contribution in [3.05, 3.63) is 64.2 Å². The second-order valence-electron chi connectivity index (χ2n) is 8.36. The maximum absolute atomic E-state index is 12.9. The first-order chi connectivity index (χ1) is 15.5. The minimum absolute atomic E-state index is 0.00989. The van der Waals surface area contributed by atoms with Gasteiger partial charge in [0.25, 0.3) is 5.56 Å². The van der Waals surface area contributed by atoms with Crippen LogP contribution in [0.5, 0.6) is 11.5 Å². The molecule has 32 heavy (non-hydrogen) atoms. The minimum atomic E-state index is -0.160. The average Bonchev–Trinajstić information content (AvgIpc) is 3.64. The van der Waals surface area contributed by atoms with Crippen molar-refractivity contribution in [2.75, 3.05) is 14.2 Å². The number of fused-ring (bicyclic) bond motifs is 1. The number of carbonyl (C=O) groups is 1. The maximum atomic E-state index is 12.9. The average molecular weight is 436 g/mol. The van der Waals surface area contributed by atoms with Gasteiger partial charge in [0, 0.05) is 19.0 Å². The van der Waals surface area contributed by atoms with E-state index in [0.29, 0.717) is 47.7 Å². The van der Waals surface area contributed by atoms with E-state index in [2.05, 4.69) is 41.5 Å². The number of methoxy groups -OCH3 is 2. The van der Waals surface area contributed by atoms with Crippen molar-refractivity contribution in [1.82, 2.24) is 14.9 Å². The number of amides is 1. The van der Waals surface area contributed by atoms with Gasteiger partial charge in [0.1, 0.15) is 0 Å². The number of aromatic nitrogens is 2. The van der Waals surface area contributed by atoms with Crippen LogP contribution in [-0.2, 0) is 11.3 Å². The van der Waals surface area contributed by atoms with Crippen LogP contribution < -0.4 is 20.3 Å². The lowest BCUT2D eigenvalue weighted by Crippen LogP contribution is -2.30. The molecule has 0 saturated heterocycles. The molecule has 0 bridgehead atoms. The molecule has 1 aliphatic carbocycles. The van der Waals surface area contributed by atoms with Gasteiger partial charge in [-0.3, -0.25) is 14.2 Å². The zero-order valence-corrected chi connectivity index (χ0v) is 18.8. The molecule has 168 valence electrons. The molecule has 1 unspecified atom stereocenters. The summed E-state index contributed by atoms with van der Waals surface area (Å²) in [5, 5.41) is 3.66. The Morgan fingerprint density at radius 1 is 1.16 bits per heavy atom. The van der Waals surface area contributed by atoms with Crippen LogP contribution in [0.1, 0.15) is 42.9 Å². The number of aryl methyl sites for hydroxylation is 2. The second kappa shape index (κ2) is 9.42. The van der Waals surface area contributed by atoms with Gasteiger partial charge in [-0.2, -0.15) is 0 Å². The Morgan fingerprint density at radius 3 is 2.50 bits per heavy atom. The fourth-order valence-corrected chi connectivity index (χ4v) is 3.98. The Kier molecular flexibility index (Phi) is 6.44. The Labute approximate surface area is 187 Å². The van der Waals surface area contributed by atoms with Crippen LogP contribution in [0.15, 0.2) is 47.5 Å². The van der Waals surface area contributed by atoms with Crippen molar-refractivity contribution in [2.45, 2.75) is 45.2 Å². The molecule has 2 aromatic carbocycles. The van der Waals surface area contributed by atoms with Crippen molar-refractivity contribution in [3.63, 3.8) is 0 Å². The van der Waals surface area contributed by atoms with Gasteiger partial charge in [-0.15, -0.1) is 0 Å². The van der Waals surface area contributed by atoms with Crippen molar-refractivity contribution < 1.29 is 14.3 Å². The van der Waals surface area contributed by atoms with Crippen molar-refractivity contribution in [1.29, 1.82) is 0 Å². The molecule has 0 aliphatic heterocycles. The summed E-state index contributed by atoms with van der Waals surface area (Å²) in [5.41, 5.74) is 2.75. The fourth-order valence-electron chi connectivity index (χ4n) is 3.98. The lowest BCUT2D eigenvalue weighted by Gasteiger charge is -2.19. The van der Waals surface area contributed by atoms with Crippen molar-refractivity contribution >= 4 is 16.8 Å². The van der Waals surface area contributed by atoms with E-state index in [1.54, 1.807) is 23.8 Å². The summed E-state index contributed by atoms with van der Waals surface area (Å²) in [6.07, 6.45) is 4.72. The summed E-state index contributed by atoms with van der Waals surface area (Å²) < 4.78 is 12.1. The van der Waals surface area contributed by atoms with Gasteiger partial charge in [-0.05, 0) is 43.7 Å². The summed E-state index contributed by atoms with van der Waals surface area (Å²) in [7, 11) is 3.07. The predicted octanol–water partition coefficient (Wildman–Crippen LogP) is 3.77. The van der Waals surface area contributed by atoms with Gasteiger partial charge in [0.15, 0.2) is 11.5 Å². The van der Waals surface area contributed by atoms with Gasteiger partial charge < -0.3 is 14.8 Å². The van der Waals surface area contributed by atoms with Crippen LogP contribution in [0.2, 0.25) is 0 Å². The normalized spacial score (nSPS) is 14.2. The summed E-state index contributed by atoms with van der Waals surface area (Å²) in [4.78, 5) is 29.9. The van der Waals surface area contributed by atoms with Gasteiger partial charge in [-0.25, -0.2) is 4.98 Å². The number of benzene rings is 2. The van der Waals surface area contributed by atoms with Gasteiger partial charge in [0.2, 0.25) is 5.91 Å². The molecule has 1 N–H and O–H groups in total. The van der Waals surface area contributed by atoms with Crippen LogP contribution >= 0.6 is 0 Å². The number of hydrogen-bond acceptors (Lipinski definition) is 5. The highest BCUT2D eigenvalue weighted by molar-refractivity contribution is 5.81. The molecule has 7 heteroatoms. The number of carbonyl (C=O) groups excluding carboxylic acids is 1. The van der Waals surface area contributed by atoms with Crippen LogP contribution in [0.4, 0.5) is 0 Å². The van der Waals surface area contributed by atoms with Crippen LogP contribution in [0.3, 0.4) is 0 Å². The van der Waals surface area contributed by atoms with E-state index in [4.69, 9.17) is 9.47 Å². The highest BCUT2D eigenvalue weighted by atomic mass is 16.5. The first-order valence-corrected chi connectivity index (χ1v) is 11.0. The SMILES string of the molecule is COc1cc2ncn(CCCC(=O)NC(c3ccc(C)cc3)C3CC3)c(=O)c2cc1OC. The third-order valence-corrected chi connectivity index (χ3v) is 5.98. The van der Waals surface area contributed by atoms with E-state index in [-0.39, 0.29) is 17.5 Å². The van der Waals surface area contributed by atoms with E-state index in [1.807, 2.05) is 0 Å². The highest BCUT2D eigenvalue weighted by Gasteiger charge is 2.33. The molecule has 0 spiro atoms. The van der Waals surface area contributed by atoms with Gasteiger partial charge >= 0.3 is 0 Å². The molecule has 1 atom stereocenters. The number of nitrogens with one attached hydrogen (secondary N) is 1. The Hall–Kier alpha value is -3.35. The molecule has 1 amide bonds. The van der Waals surface area contributed by atoms with Gasteiger partial charge in [-0.1, -0.05) is 29.8 Å². The first-order valence-electron chi connectivity index (χ1n) is 11.0. The fraction of sp³-hybridized carbons (Fsp3) is 0.400. The summed E-state index contributed by atoms with van der Waals surface area (Å²) in [6.45, 7) is 2.48. The number of ether oxygens (including phenoxy) is 2. The molecule has 4 rings (SSSR count). The molecule has 1 fully saturated rings. The van der Waals surface area contributed by atoms with Gasteiger partial charge in [0.05, 0.1) is 37.5 Å². The first kappa shape index (κ1) is 21.9. The van der Waals surface area contributed by atoms with E-state index < -0.39 is 0 Å². The standard InChI is InChI=1S/C25H29N3O4/c1-16-6-8-17(9-7-16)24(18-10-11-18)27-23(29)5-4-12-28-15-26-20-14-22(32-3)21(31-2)13-19(20)25(28)30/h6-9,13-15,18,24H,4-5,10-12H2,1-3H3,(H,27,29). The van der Waals surface area contributed by atoms with E-state index in [0.717, 1.165) is 18.4 Å². The van der Waals surface area contributed by atoms with Crippen LogP contribution in [0.25, 0.3) is 10.9 Å². The molecule has 1 saturated carbocycles. The zero-order chi connectivity index (χ0) is 22.7. The van der Waals surface area contributed by atoms with Crippen molar-refractivity contribution in [3.8, 4) is 11.5 Å². The number of rotatable bonds is 9. The monoisotopic (exact) mass is 435 g/mol. The lowest BCUT2D eigenvalue weighted by atomic mass is 10.0. The van der Waals surface area contributed by atoms with Crippen LogP contribution in [-0.4, -0.2) is 29.7 Å². The van der Waals surface area contributed by atoms with E-state index in [1.165, 1.54) is 19.0 Å². The predicted molar refractivity (Wildman–Crippen MR) is 123 cm³/mol. The molecular weight excluding hydrogens is 406 g/mol. The zero-order valence-electron chi connectivity index (χ0n) is 18.8. The molecular formula is C25H29N3O4. The molecule has 3 aromatic rings. The third-order valence-electron chi connectivity index (χ3n) is 5.98. The largest absolute Gasteiger partial charge is 0.493 e. The summed E-state index contributed by atoms with van der Waals surface area (Å²) in [6, 6.07) is 11.8. The van der Waals surface area contributed by atoms with E-state index in [9.17, 15) is 9.59 Å². The minimum Gasteiger partial charge on any atom is -0.493 e. The Morgan fingerprint density at radius 2 is 1.84 bits per heavy atom. The van der Waals surface area contributed by atoms with Crippen molar-refractivity contribution in [2.24, 2.45) is 5.92 Å². The number of hydrogen-bond donors (Lipinski definition) is 1. The molecule has 0 radical (unpaired) electrons. The van der Waals surface area contributed by atoms with Crippen LogP contribution in [0, 0.1) is 12.8 Å². The van der Waals surface area contributed by atoms with E-state index >= 15 is 0 Å². The smallest absolute Gasteiger partial charge is 0.261 e. The molecule has 1 aromatic heterocycles. The Balaban J connectivity index is 1.40. The second-order valence-corrected chi connectivity index (χ2v) is 8.36. The molecule has 7 nitrogen and oxygen atoms in total. The number of nitrogens with zero attached hydrogens (tertiary/aromatic N) is 2. The highest BCUT2D eigenvalue weighted by Crippen LogP contribution is 2.41. The quantitative estimate of drug-likeness (QED) is 0.553. The lowest BCUT2D eigenvalue weighted by molar-refractivity contribution is -0.122.